The molecule has 2 atom stereocenters. The Morgan fingerprint density at radius 3 is 2.52 bits per heavy atom. The van der Waals surface area contributed by atoms with E-state index in [0.29, 0.717) is 22.4 Å². The van der Waals surface area contributed by atoms with Crippen LogP contribution in [0.1, 0.15) is 38.7 Å². The van der Waals surface area contributed by atoms with E-state index in [1.165, 1.54) is 0 Å². The molecule has 1 saturated heterocycles. The Morgan fingerprint density at radius 1 is 1.22 bits per heavy atom. The first kappa shape index (κ1) is 18.9. The van der Waals surface area contributed by atoms with Gasteiger partial charge in [0.05, 0.1) is 22.8 Å². The lowest BCUT2D eigenvalue weighted by Gasteiger charge is -2.36. The first-order chi connectivity index (χ1) is 11.0. The van der Waals surface area contributed by atoms with Gasteiger partial charge in [0, 0.05) is 19.0 Å². The van der Waals surface area contributed by atoms with E-state index in [1.54, 1.807) is 0 Å². The van der Waals surface area contributed by atoms with Crippen LogP contribution in [0.4, 0.5) is 0 Å². The van der Waals surface area contributed by atoms with Crippen LogP contribution in [0.15, 0.2) is 12.1 Å². The summed E-state index contributed by atoms with van der Waals surface area (Å²) in [7, 11) is 0. The van der Waals surface area contributed by atoms with E-state index >= 15 is 0 Å². The van der Waals surface area contributed by atoms with Crippen molar-refractivity contribution in [2.24, 2.45) is 5.92 Å². The van der Waals surface area contributed by atoms with Crippen LogP contribution < -0.4 is 4.74 Å². The highest BCUT2D eigenvalue weighted by Gasteiger charge is 2.27. The fourth-order valence-electron chi connectivity index (χ4n) is 3.19. The third kappa shape index (κ3) is 5.25. The lowest BCUT2D eigenvalue weighted by molar-refractivity contribution is 0.0270. The van der Waals surface area contributed by atoms with Gasteiger partial charge in [-0.2, -0.15) is 0 Å². The fraction of sp³-hybridized carbons (Fsp3) is 0.667. The van der Waals surface area contributed by atoms with Crippen LogP contribution in [0.3, 0.4) is 0 Å². The molecule has 0 radical (unpaired) electrons. The van der Waals surface area contributed by atoms with Crippen LogP contribution in [-0.2, 0) is 6.42 Å². The number of hydrogen-bond acceptors (Lipinski definition) is 3. The maximum Gasteiger partial charge on any atom is 0.156 e. The van der Waals surface area contributed by atoms with Gasteiger partial charge in [-0.1, -0.05) is 37.0 Å². The standard InChI is InChI=1S/C18H27Cl2NO2/c1-3-6-21-7-5-17(22)14(12-21)9-13-10-15(19)18(16(20)11-13)23-8-4-2/h10-11,14,17,22H,3-9,12H2,1-2H3. The average molecular weight is 360 g/mol. The van der Waals surface area contributed by atoms with Gasteiger partial charge in [-0.3, -0.25) is 0 Å². The number of likely N-dealkylation sites (tertiary alicyclic amines) is 1. The maximum absolute atomic E-state index is 10.3. The molecule has 1 aromatic rings. The summed E-state index contributed by atoms with van der Waals surface area (Å²) in [5.74, 6) is 0.792. The summed E-state index contributed by atoms with van der Waals surface area (Å²) in [5, 5.41) is 11.4. The van der Waals surface area contributed by atoms with Gasteiger partial charge in [0.15, 0.2) is 5.75 Å². The second-order valence-corrected chi connectivity index (χ2v) is 7.17. The summed E-state index contributed by atoms with van der Waals surface area (Å²) >= 11 is 12.6. The van der Waals surface area contributed by atoms with E-state index in [-0.39, 0.29) is 12.0 Å². The Hall–Kier alpha value is -0.480. The van der Waals surface area contributed by atoms with Crippen molar-refractivity contribution in [2.75, 3.05) is 26.2 Å². The summed E-state index contributed by atoms with van der Waals surface area (Å²) in [4.78, 5) is 2.43. The third-order valence-corrected chi connectivity index (χ3v) is 4.89. The van der Waals surface area contributed by atoms with Crippen molar-refractivity contribution in [1.82, 2.24) is 4.90 Å². The number of ether oxygens (including phenoxy) is 1. The van der Waals surface area contributed by atoms with E-state index in [2.05, 4.69) is 11.8 Å². The van der Waals surface area contributed by atoms with Gasteiger partial charge in [0.25, 0.3) is 0 Å². The molecule has 1 aromatic carbocycles. The van der Waals surface area contributed by atoms with Crippen molar-refractivity contribution in [1.29, 1.82) is 0 Å². The second kappa shape index (κ2) is 9.12. The van der Waals surface area contributed by atoms with Crippen LogP contribution in [0.25, 0.3) is 0 Å². The van der Waals surface area contributed by atoms with Crippen LogP contribution in [0.2, 0.25) is 10.0 Å². The number of nitrogens with zero attached hydrogens (tertiary/aromatic N) is 1. The van der Waals surface area contributed by atoms with Crippen LogP contribution >= 0.6 is 23.2 Å². The number of rotatable bonds is 7. The molecule has 0 amide bonds. The van der Waals surface area contributed by atoms with Crippen molar-refractivity contribution in [3.8, 4) is 5.75 Å². The molecule has 1 fully saturated rings. The first-order valence-electron chi connectivity index (χ1n) is 8.56. The van der Waals surface area contributed by atoms with E-state index in [4.69, 9.17) is 27.9 Å². The van der Waals surface area contributed by atoms with E-state index < -0.39 is 0 Å². The molecular formula is C18H27Cl2NO2. The molecule has 5 heteroatoms. The van der Waals surface area contributed by atoms with Gasteiger partial charge in [-0.05, 0) is 49.9 Å². The van der Waals surface area contributed by atoms with E-state index in [1.807, 2.05) is 19.1 Å². The summed E-state index contributed by atoms with van der Waals surface area (Å²) < 4.78 is 5.61. The third-order valence-electron chi connectivity index (χ3n) is 4.32. The maximum atomic E-state index is 10.3. The molecule has 1 aliphatic rings. The number of benzene rings is 1. The summed E-state index contributed by atoms with van der Waals surface area (Å²) in [6, 6.07) is 3.84. The molecule has 130 valence electrons. The topological polar surface area (TPSA) is 32.7 Å². The molecule has 0 saturated carbocycles. The number of hydrogen-bond donors (Lipinski definition) is 1. The average Bonchev–Trinajstić information content (AvgIpc) is 2.50. The van der Waals surface area contributed by atoms with Crippen molar-refractivity contribution in [2.45, 2.75) is 45.6 Å². The zero-order valence-electron chi connectivity index (χ0n) is 14.0. The van der Waals surface area contributed by atoms with Crippen LogP contribution in [0.5, 0.6) is 5.75 Å². The predicted molar refractivity (Wildman–Crippen MR) is 96.8 cm³/mol. The van der Waals surface area contributed by atoms with Gasteiger partial charge in [-0.25, -0.2) is 0 Å². The molecule has 0 aliphatic carbocycles. The highest BCUT2D eigenvalue weighted by molar-refractivity contribution is 6.37. The molecular weight excluding hydrogens is 333 g/mol. The number of aliphatic hydroxyl groups excluding tert-OH is 1. The molecule has 1 N–H and O–H groups in total. The molecule has 1 heterocycles. The number of aliphatic hydroxyl groups is 1. The Bertz CT molecular complexity index is 487. The van der Waals surface area contributed by atoms with Gasteiger partial charge >= 0.3 is 0 Å². The minimum Gasteiger partial charge on any atom is -0.490 e. The normalized spacial score (nSPS) is 22.3. The molecule has 2 unspecified atom stereocenters. The van der Waals surface area contributed by atoms with Crippen molar-refractivity contribution < 1.29 is 9.84 Å². The quantitative estimate of drug-likeness (QED) is 0.781. The number of halogens is 2. The zero-order chi connectivity index (χ0) is 16.8. The summed E-state index contributed by atoms with van der Waals surface area (Å²) in [6.07, 6.45) is 3.43. The van der Waals surface area contributed by atoms with Gasteiger partial charge in [0.2, 0.25) is 0 Å². The molecule has 0 spiro atoms. The van der Waals surface area contributed by atoms with Gasteiger partial charge < -0.3 is 14.7 Å². The smallest absolute Gasteiger partial charge is 0.156 e. The molecule has 0 bridgehead atoms. The number of piperidine rings is 1. The van der Waals surface area contributed by atoms with E-state index in [0.717, 1.165) is 50.9 Å². The second-order valence-electron chi connectivity index (χ2n) is 6.36. The molecule has 23 heavy (non-hydrogen) atoms. The fourth-order valence-corrected chi connectivity index (χ4v) is 3.83. The largest absolute Gasteiger partial charge is 0.490 e. The predicted octanol–water partition coefficient (Wildman–Crippen LogP) is 4.42. The first-order valence-corrected chi connectivity index (χ1v) is 9.31. The van der Waals surface area contributed by atoms with E-state index in [9.17, 15) is 5.11 Å². The molecule has 2 rings (SSSR count). The van der Waals surface area contributed by atoms with Crippen molar-refractivity contribution in [3.63, 3.8) is 0 Å². The lowest BCUT2D eigenvalue weighted by Crippen LogP contribution is -2.44. The highest BCUT2D eigenvalue weighted by Crippen LogP contribution is 2.35. The highest BCUT2D eigenvalue weighted by atomic mass is 35.5. The molecule has 0 aromatic heterocycles. The monoisotopic (exact) mass is 359 g/mol. The van der Waals surface area contributed by atoms with Crippen LogP contribution in [-0.4, -0.2) is 42.4 Å². The van der Waals surface area contributed by atoms with Gasteiger partial charge in [0.1, 0.15) is 0 Å². The minimum absolute atomic E-state index is 0.227. The molecule has 1 aliphatic heterocycles. The van der Waals surface area contributed by atoms with Crippen molar-refractivity contribution >= 4 is 23.2 Å². The zero-order valence-corrected chi connectivity index (χ0v) is 15.5. The Morgan fingerprint density at radius 2 is 1.91 bits per heavy atom. The Balaban J connectivity index is 2.06. The summed E-state index contributed by atoms with van der Waals surface area (Å²) in [5.41, 5.74) is 1.06. The minimum atomic E-state index is -0.253. The lowest BCUT2D eigenvalue weighted by atomic mass is 9.88. The van der Waals surface area contributed by atoms with Crippen LogP contribution in [0, 0.1) is 5.92 Å². The molecule has 3 nitrogen and oxygen atoms in total. The Labute approximate surface area is 149 Å². The summed E-state index contributed by atoms with van der Waals surface area (Å²) in [6.45, 7) is 7.84. The Kier molecular flexibility index (Phi) is 7.48. The van der Waals surface area contributed by atoms with Crippen molar-refractivity contribution in [3.05, 3.63) is 27.7 Å². The van der Waals surface area contributed by atoms with Gasteiger partial charge in [-0.15, -0.1) is 0 Å². The SMILES string of the molecule is CCCOc1c(Cl)cc(CC2CN(CCC)CCC2O)cc1Cl.